The number of halogens is 1. The van der Waals surface area contributed by atoms with Crippen molar-refractivity contribution in [2.75, 3.05) is 14.1 Å². The maximum absolute atomic E-state index is 16.2. The lowest BCUT2D eigenvalue weighted by Gasteiger charge is -2.53. The summed E-state index contributed by atoms with van der Waals surface area (Å²) in [6.07, 6.45) is 4.93. The topological polar surface area (TPSA) is 19.0 Å². The monoisotopic (exact) mass is 376 g/mol. The fourth-order valence-corrected chi connectivity index (χ4v) is 6.11. The summed E-state index contributed by atoms with van der Waals surface area (Å²) in [5, 5.41) is 1.33. The van der Waals surface area contributed by atoms with Crippen LogP contribution in [0.3, 0.4) is 0 Å². The number of aromatic nitrogens is 1. The first kappa shape index (κ1) is 17.9. The van der Waals surface area contributed by atoms with E-state index in [-0.39, 0.29) is 5.41 Å². The fraction of sp³-hybridized carbons (Fsp3) is 0.440. The predicted molar refractivity (Wildman–Crippen MR) is 113 cm³/mol. The minimum Gasteiger partial charge on any atom is -0.358 e. The van der Waals surface area contributed by atoms with Crippen molar-refractivity contribution in [3.05, 3.63) is 71.4 Å². The van der Waals surface area contributed by atoms with Crippen LogP contribution in [0.15, 0.2) is 54.6 Å². The van der Waals surface area contributed by atoms with E-state index in [2.05, 4.69) is 46.3 Å². The Morgan fingerprint density at radius 3 is 2.46 bits per heavy atom. The molecule has 1 aromatic heterocycles. The van der Waals surface area contributed by atoms with Crippen LogP contribution in [0.1, 0.15) is 48.9 Å². The van der Waals surface area contributed by atoms with Gasteiger partial charge in [-0.1, -0.05) is 48.5 Å². The summed E-state index contributed by atoms with van der Waals surface area (Å²) in [7, 11) is 4.07. The number of aromatic amines is 1. The number of hydrogen-bond donors (Lipinski definition) is 1. The number of hydrogen-bond acceptors (Lipinski definition) is 1. The van der Waals surface area contributed by atoms with Gasteiger partial charge in [-0.2, -0.15) is 0 Å². The van der Waals surface area contributed by atoms with Crippen LogP contribution in [0.25, 0.3) is 10.9 Å². The van der Waals surface area contributed by atoms with Crippen molar-refractivity contribution in [2.45, 2.75) is 55.7 Å². The minimum absolute atomic E-state index is 0.0552. The third-order valence-corrected chi connectivity index (χ3v) is 7.57. The molecule has 1 heterocycles. The third kappa shape index (κ3) is 2.42. The van der Waals surface area contributed by atoms with Crippen LogP contribution in [-0.2, 0) is 17.4 Å². The average molecular weight is 377 g/mol. The van der Waals surface area contributed by atoms with Gasteiger partial charge in [0.15, 0.2) is 0 Å². The van der Waals surface area contributed by atoms with Crippen LogP contribution in [0.2, 0.25) is 0 Å². The molecule has 3 unspecified atom stereocenters. The maximum Gasteiger partial charge on any atom is 0.123 e. The van der Waals surface area contributed by atoms with Crippen molar-refractivity contribution >= 4 is 10.9 Å². The number of fused-ring (bicyclic) bond motifs is 4. The van der Waals surface area contributed by atoms with Gasteiger partial charge >= 0.3 is 0 Å². The molecule has 2 aliphatic rings. The molecule has 2 nitrogen and oxygen atoms in total. The molecule has 1 N–H and O–H groups in total. The Morgan fingerprint density at radius 1 is 0.964 bits per heavy atom. The number of nitrogens with one attached hydrogen (secondary N) is 1. The molecule has 2 aromatic carbocycles. The first-order valence-corrected chi connectivity index (χ1v) is 10.5. The Labute approximate surface area is 166 Å². The summed E-state index contributed by atoms with van der Waals surface area (Å²) in [4.78, 5) is 5.83. The van der Waals surface area contributed by atoms with Gasteiger partial charge in [0.2, 0.25) is 0 Å². The largest absolute Gasteiger partial charge is 0.358 e. The zero-order valence-electron chi connectivity index (χ0n) is 16.8. The summed E-state index contributed by atoms with van der Waals surface area (Å²) in [6, 6.07) is 18.9. The number of para-hydroxylation sites is 1. The normalized spacial score (nSPS) is 30.1. The molecule has 28 heavy (non-hydrogen) atoms. The second-order valence-corrected chi connectivity index (χ2v) is 9.01. The first-order valence-electron chi connectivity index (χ1n) is 10.5. The van der Waals surface area contributed by atoms with Gasteiger partial charge in [-0.05, 0) is 69.8 Å². The maximum atomic E-state index is 16.2. The molecule has 5 rings (SSSR count). The van der Waals surface area contributed by atoms with Gasteiger partial charge < -0.3 is 4.98 Å². The second kappa shape index (κ2) is 6.45. The summed E-state index contributed by atoms with van der Waals surface area (Å²) >= 11 is 0. The van der Waals surface area contributed by atoms with E-state index in [1.807, 2.05) is 32.3 Å². The van der Waals surface area contributed by atoms with Crippen molar-refractivity contribution in [3.8, 4) is 0 Å². The van der Waals surface area contributed by atoms with Crippen molar-refractivity contribution < 1.29 is 4.39 Å². The van der Waals surface area contributed by atoms with E-state index in [4.69, 9.17) is 0 Å². The fourth-order valence-electron chi connectivity index (χ4n) is 6.11. The van der Waals surface area contributed by atoms with Gasteiger partial charge in [0.25, 0.3) is 0 Å². The van der Waals surface area contributed by atoms with Gasteiger partial charge in [0.05, 0.1) is 5.54 Å². The Bertz CT molecular complexity index is 992. The standard InChI is InChI=1S/C25H29FN2/c1-28(2)25(18-9-4-3-5-10-18)16-15-24(17-22(25)26)14-8-12-20-19-11-6-7-13-21(19)27-23(20)24/h3-7,9-11,13,22,27H,8,12,14-17H2,1-2H3. The van der Waals surface area contributed by atoms with E-state index in [0.717, 1.165) is 37.7 Å². The van der Waals surface area contributed by atoms with Crippen molar-refractivity contribution in [1.82, 2.24) is 9.88 Å². The molecule has 146 valence electrons. The van der Waals surface area contributed by atoms with Gasteiger partial charge in [-0.25, -0.2) is 4.39 Å². The third-order valence-electron chi connectivity index (χ3n) is 7.57. The lowest BCUT2D eigenvalue weighted by Crippen LogP contribution is -2.56. The first-order chi connectivity index (χ1) is 13.6. The molecular weight excluding hydrogens is 347 g/mol. The highest BCUT2D eigenvalue weighted by Crippen LogP contribution is 2.55. The van der Waals surface area contributed by atoms with Crippen LogP contribution in [0, 0.1) is 0 Å². The van der Waals surface area contributed by atoms with E-state index in [0.29, 0.717) is 6.42 Å². The van der Waals surface area contributed by atoms with Crippen LogP contribution in [0.4, 0.5) is 4.39 Å². The molecule has 3 heteroatoms. The molecule has 2 aliphatic carbocycles. The zero-order valence-corrected chi connectivity index (χ0v) is 16.8. The minimum atomic E-state index is -0.893. The highest BCUT2D eigenvalue weighted by molar-refractivity contribution is 5.85. The molecule has 0 saturated heterocycles. The van der Waals surface area contributed by atoms with E-state index in [1.54, 1.807) is 0 Å². The Balaban J connectivity index is 1.58. The smallest absolute Gasteiger partial charge is 0.123 e. The van der Waals surface area contributed by atoms with E-state index >= 15 is 4.39 Å². The van der Waals surface area contributed by atoms with Gasteiger partial charge in [-0.3, -0.25) is 4.90 Å². The highest BCUT2D eigenvalue weighted by Gasteiger charge is 2.54. The molecule has 0 bridgehead atoms. The molecule has 3 atom stereocenters. The van der Waals surface area contributed by atoms with E-state index < -0.39 is 11.7 Å². The molecule has 0 radical (unpaired) electrons. The number of nitrogens with zero attached hydrogens (tertiary/aromatic N) is 1. The van der Waals surface area contributed by atoms with E-state index in [1.165, 1.54) is 22.2 Å². The summed E-state index contributed by atoms with van der Waals surface area (Å²) < 4.78 is 16.2. The lowest BCUT2D eigenvalue weighted by atomic mass is 9.58. The highest BCUT2D eigenvalue weighted by atomic mass is 19.1. The Kier molecular flexibility index (Phi) is 4.13. The Hall–Kier alpha value is -2.13. The lowest BCUT2D eigenvalue weighted by molar-refractivity contribution is -0.0236. The number of H-pyrrole nitrogens is 1. The van der Waals surface area contributed by atoms with Gasteiger partial charge in [0.1, 0.15) is 6.17 Å². The molecule has 3 aromatic rings. The van der Waals surface area contributed by atoms with Crippen LogP contribution < -0.4 is 0 Å². The molecule has 1 fully saturated rings. The van der Waals surface area contributed by atoms with E-state index in [9.17, 15) is 0 Å². The van der Waals surface area contributed by atoms with Crippen molar-refractivity contribution in [3.63, 3.8) is 0 Å². The number of benzene rings is 2. The molecule has 0 aliphatic heterocycles. The zero-order chi connectivity index (χ0) is 19.4. The van der Waals surface area contributed by atoms with Crippen molar-refractivity contribution in [1.29, 1.82) is 0 Å². The quantitative estimate of drug-likeness (QED) is 0.606. The number of aryl methyl sites for hydroxylation is 1. The average Bonchev–Trinajstić information content (AvgIpc) is 3.09. The molecular formula is C25H29FN2. The molecule has 0 amide bonds. The summed E-state index contributed by atoms with van der Waals surface area (Å²) in [6.45, 7) is 0. The SMILES string of the molecule is CN(C)C1(c2ccccc2)CCC2(CCCc3c2[nH]c2ccccc32)CC1F. The van der Waals surface area contributed by atoms with Gasteiger partial charge in [0, 0.05) is 22.0 Å². The molecule has 1 spiro atoms. The number of alkyl halides is 1. The number of rotatable bonds is 2. The summed E-state index contributed by atoms with van der Waals surface area (Å²) in [5.41, 5.74) is 4.48. The van der Waals surface area contributed by atoms with Crippen LogP contribution >= 0.6 is 0 Å². The van der Waals surface area contributed by atoms with Crippen LogP contribution in [-0.4, -0.2) is 30.2 Å². The second-order valence-electron chi connectivity index (χ2n) is 9.01. The van der Waals surface area contributed by atoms with Crippen LogP contribution in [0.5, 0.6) is 0 Å². The summed E-state index contributed by atoms with van der Waals surface area (Å²) in [5.74, 6) is 0. The Morgan fingerprint density at radius 2 is 1.71 bits per heavy atom. The van der Waals surface area contributed by atoms with Gasteiger partial charge in [-0.15, -0.1) is 0 Å². The van der Waals surface area contributed by atoms with Crippen molar-refractivity contribution in [2.24, 2.45) is 0 Å². The predicted octanol–water partition coefficient (Wildman–Crippen LogP) is 5.72. The molecule has 1 saturated carbocycles.